The van der Waals surface area contributed by atoms with Crippen molar-refractivity contribution in [3.63, 3.8) is 0 Å². The molecule has 1 N–H and O–H groups in total. The molecule has 0 aliphatic carbocycles. The fourth-order valence-corrected chi connectivity index (χ4v) is 1.40. The van der Waals surface area contributed by atoms with Gasteiger partial charge in [-0.2, -0.15) is 5.10 Å². The molecule has 0 aliphatic heterocycles. The highest BCUT2D eigenvalue weighted by Gasteiger charge is 2.12. The fourth-order valence-electron chi connectivity index (χ4n) is 1.40. The monoisotopic (exact) mass is 206 g/mol. The van der Waals surface area contributed by atoms with Crippen LogP contribution in [-0.2, 0) is 13.5 Å². The molecule has 5 heteroatoms. The first kappa shape index (κ1) is 9.51. The number of carbonyl (C=O) groups is 1. The Labute approximate surface area is 85.9 Å². The molecule has 0 amide bonds. The molecule has 0 aliphatic rings. The molecule has 0 saturated carbocycles. The second-order valence-corrected chi connectivity index (χ2v) is 3.21. The summed E-state index contributed by atoms with van der Waals surface area (Å²) in [6.07, 6.45) is 2.09. The standard InChI is InChI=1S/C10H10N2O3/c1-12-9(10(13)14)6-7(11-12)5-8-3-2-4-15-8/h2-4,6H,5H2,1H3,(H,13,14). The lowest BCUT2D eigenvalue weighted by Gasteiger charge is -1.91. The van der Waals surface area contributed by atoms with Gasteiger partial charge in [-0.1, -0.05) is 0 Å². The molecule has 15 heavy (non-hydrogen) atoms. The van der Waals surface area contributed by atoms with Crippen molar-refractivity contribution in [2.45, 2.75) is 6.42 Å². The Morgan fingerprint density at radius 1 is 1.67 bits per heavy atom. The van der Waals surface area contributed by atoms with Crippen molar-refractivity contribution in [2.24, 2.45) is 7.05 Å². The van der Waals surface area contributed by atoms with Crippen LogP contribution in [0.5, 0.6) is 0 Å². The normalized spacial score (nSPS) is 10.5. The van der Waals surface area contributed by atoms with E-state index >= 15 is 0 Å². The number of furan rings is 1. The molecular weight excluding hydrogens is 196 g/mol. The first-order chi connectivity index (χ1) is 7.16. The van der Waals surface area contributed by atoms with Crippen molar-refractivity contribution in [3.8, 4) is 0 Å². The summed E-state index contributed by atoms with van der Waals surface area (Å²) in [4.78, 5) is 10.8. The van der Waals surface area contributed by atoms with E-state index in [-0.39, 0.29) is 5.69 Å². The average molecular weight is 206 g/mol. The van der Waals surface area contributed by atoms with Crippen LogP contribution in [0.15, 0.2) is 28.9 Å². The topological polar surface area (TPSA) is 68.3 Å². The van der Waals surface area contributed by atoms with E-state index in [0.29, 0.717) is 12.1 Å². The maximum atomic E-state index is 10.8. The van der Waals surface area contributed by atoms with Crippen LogP contribution in [-0.4, -0.2) is 20.9 Å². The van der Waals surface area contributed by atoms with Gasteiger partial charge in [-0.25, -0.2) is 4.79 Å². The molecule has 2 aromatic rings. The van der Waals surface area contributed by atoms with Gasteiger partial charge in [0, 0.05) is 13.5 Å². The number of hydrogen-bond acceptors (Lipinski definition) is 3. The van der Waals surface area contributed by atoms with Crippen LogP contribution in [0.25, 0.3) is 0 Å². The smallest absolute Gasteiger partial charge is 0.354 e. The van der Waals surface area contributed by atoms with E-state index in [1.54, 1.807) is 25.4 Å². The third-order valence-corrected chi connectivity index (χ3v) is 2.08. The SMILES string of the molecule is Cn1nc(Cc2ccco2)cc1C(=O)O. The molecule has 0 fully saturated rings. The quantitative estimate of drug-likeness (QED) is 0.821. The van der Waals surface area contributed by atoms with E-state index in [4.69, 9.17) is 9.52 Å². The van der Waals surface area contributed by atoms with Gasteiger partial charge in [0.25, 0.3) is 0 Å². The first-order valence-corrected chi connectivity index (χ1v) is 4.45. The summed E-state index contributed by atoms with van der Waals surface area (Å²) in [6, 6.07) is 5.16. The predicted molar refractivity (Wildman–Crippen MR) is 51.7 cm³/mol. The largest absolute Gasteiger partial charge is 0.477 e. The maximum absolute atomic E-state index is 10.8. The minimum atomic E-state index is -0.976. The third-order valence-electron chi connectivity index (χ3n) is 2.08. The van der Waals surface area contributed by atoms with E-state index in [1.165, 1.54) is 4.68 Å². The minimum Gasteiger partial charge on any atom is -0.477 e. The number of aryl methyl sites for hydroxylation is 1. The average Bonchev–Trinajstić information content (AvgIpc) is 2.75. The van der Waals surface area contributed by atoms with Crippen molar-refractivity contribution in [1.82, 2.24) is 9.78 Å². The molecule has 78 valence electrons. The molecule has 2 rings (SSSR count). The predicted octanol–water partition coefficient (Wildman–Crippen LogP) is 1.30. The number of aromatic nitrogens is 2. The number of aromatic carboxylic acids is 1. The Morgan fingerprint density at radius 3 is 3.00 bits per heavy atom. The van der Waals surface area contributed by atoms with Crippen LogP contribution in [0.2, 0.25) is 0 Å². The summed E-state index contributed by atoms with van der Waals surface area (Å²) in [5, 5.41) is 12.9. The van der Waals surface area contributed by atoms with E-state index in [2.05, 4.69) is 5.10 Å². The van der Waals surface area contributed by atoms with Gasteiger partial charge in [-0.3, -0.25) is 4.68 Å². The summed E-state index contributed by atoms with van der Waals surface area (Å²) in [7, 11) is 1.61. The number of carboxylic acid groups (broad SMARTS) is 1. The van der Waals surface area contributed by atoms with E-state index < -0.39 is 5.97 Å². The van der Waals surface area contributed by atoms with Gasteiger partial charge in [0.2, 0.25) is 0 Å². The molecule has 5 nitrogen and oxygen atoms in total. The van der Waals surface area contributed by atoms with Crippen molar-refractivity contribution in [3.05, 3.63) is 41.6 Å². The van der Waals surface area contributed by atoms with Gasteiger partial charge in [0.05, 0.1) is 12.0 Å². The van der Waals surface area contributed by atoms with Crippen molar-refractivity contribution >= 4 is 5.97 Å². The lowest BCUT2D eigenvalue weighted by Crippen LogP contribution is -2.04. The zero-order valence-corrected chi connectivity index (χ0v) is 8.17. The lowest BCUT2D eigenvalue weighted by atomic mass is 10.2. The Kier molecular flexibility index (Phi) is 2.29. The summed E-state index contributed by atoms with van der Waals surface area (Å²) < 4.78 is 6.50. The van der Waals surface area contributed by atoms with Crippen molar-refractivity contribution in [2.75, 3.05) is 0 Å². The van der Waals surface area contributed by atoms with Gasteiger partial charge in [-0.05, 0) is 18.2 Å². The van der Waals surface area contributed by atoms with Crippen LogP contribution >= 0.6 is 0 Å². The van der Waals surface area contributed by atoms with Gasteiger partial charge < -0.3 is 9.52 Å². The fraction of sp³-hybridized carbons (Fsp3) is 0.200. The number of hydrogen-bond donors (Lipinski definition) is 1. The van der Waals surface area contributed by atoms with Crippen LogP contribution in [0.1, 0.15) is 21.9 Å². The summed E-state index contributed by atoms with van der Waals surface area (Å²) in [6.45, 7) is 0. The second kappa shape index (κ2) is 3.61. The van der Waals surface area contributed by atoms with Crippen molar-refractivity contribution < 1.29 is 14.3 Å². The van der Waals surface area contributed by atoms with Gasteiger partial charge in [0.1, 0.15) is 11.5 Å². The minimum absolute atomic E-state index is 0.177. The molecule has 0 radical (unpaired) electrons. The van der Waals surface area contributed by atoms with E-state index in [9.17, 15) is 4.79 Å². The van der Waals surface area contributed by atoms with Crippen molar-refractivity contribution in [1.29, 1.82) is 0 Å². The Morgan fingerprint density at radius 2 is 2.47 bits per heavy atom. The molecule has 0 unspecified atom stereocenters. The second-order valence-electron chi connectivity index (χ2n) is 3.21. The van der Waals surface area contributed by atoms with Gasteiger partial charge >= 0.3 is 5.97 Å². The summed E-state index contributed by atoms with van der Waals surface area (Å²) in [5.74, 6) is -0.208. The van der Waals surface area contributed by atoms with Gasteiger partial charge in [0.15, 0.2) is 0 Å². The molecule has 2 heterocycles. The molecule has 0 bridgehead atoms. The molecule has 2 aromatic heterocycles. The first-order valence-electron chi connectivity index (χ1n) is 4.45. The molecule has 0 atom stereocenters. The number of nitrogens with zero attached hydrogens (tertiary/aromatic N) is 2. The maximum Gasteiger partial charge on any atom is 0.354 e. The van der Waals surface area contributed by atoms with Crippen LogP contribution < -0.4 is 0 Å². The summed E-state index contributed by atoms with van der Waals surface area (Å²) >= 11 is 0. The zero-order chi connectivity index (χ0) is 10.8. The molecule has 0 aromatic carbocycles. The van der Waals surface area contributed by atoms with Crippen LogP contribution in [0, 0.1) is 0 Å². The number of carboxylic acids is 1. The number of rotatable bonds is 3. The van der Waals surface area contributed by atoms with Crippen LogP contribution in [0.4, 0.5) is 0 Å². The lowest BCUT2D eigenvalue weighted by molar-refractivity contribution is 0.0685. The third kappa shape index (κ3) is 1.90. The summed E-state index contributed by atoms with van der Waals surface area (Å²) in [5.41, 5.74) is 0.862. The van der Waals surface area contributed by atoms with Crippen LogP contribution in [0.3, 0.4) is 0 Å². The Hall–Kier alpha value is -2.04. The highest BCUT2D eigenvalue weighted by Crippen LogP contribution is 2.10. The van der Waals surface area contributed by atoms with Gasteiger partial charge in [-0.15, -0.1) is 0 Å². The Balaban J connectivity index is 2.23. The molecule has 0 saturated heterocycles. The Bertz CT molecular complexity index is 471. The van der Waals surface area contributed by atoms with E-state index in [1.807, 2.05) is 6.07 Å². The molecule has 0 spiro atoms. The van der Waals surface area contributed by atoms with E-state index in [0.717, 1.165) is 5.76 Å². The molecular formula is C10H10N2O3. The highest BCUT2D eigenvalue weighted by molar-refractivity contribution is 5.85. The zero-order valence-electron chi connectivity index (χ0n) is 8.17. The highest BCUT2D eigenvalue weighted by atomic mass is 16.4.